The molecule has 0 bridgehead atoms. The molecule has 1 fully saturated rings. The van der Waals surface area contributed by atoms with Gasteiger partial charge in [0.2, 0.25) is 0 Å². The number of halogens is 1. The van der Waals surface area contributed by atoms with Crippen LogP contribution in [0.15, 0.2) is 35.9 Å². The Balaban J connectivity index is 1.88. The number of hydrogen-bond acceptors (Lipinski definition) is 2. The minimum Gasteiger partial charge on any atom is -0.496 e. The molecular weight excluding hydrogens is 234 g/mol. The van der Waals surface area contributed by atoms with Gasteiger partial charge in [-0.1, -0.05) is 36.4 Å². The molecule has 0 saturated heterocycles. The molecule has 2 rings (SSSR count). The van der Waals surface area contributed by atoms with Crippen LogP contribution in [-0.2, 0) is 0 Å². The fraction of sp³-hybridized carbons (Fsp3) is 0.429. The van der Waals surface area contributed by atoms with Gasteiger partial charge in [0.05, 0.1) is 7.11 Å². The van der Waals surface area contributed by atoms with Crippen molar-refractivity contribution < 1.29 is 4.74 Å². The lowest BCUT2D eigenvalue weighted by atomic mass is 9.75. The number of nitrogens with one attached hydrogen (secondary N) is 1. The van der Waals surface area contributed by atoms with E-state index in [1.807, 2.05) is 12.1 Å². The Labute approximate surface area is 108 Å². The third-order valence-electron chi connectivity index (χ3n) is 3.30. The molecule has 0 heterocycles. The maximum Gasteiger partial charge on any atom is 0.122 e. The van der Waals surface area contributed by atoms with Crippen LogP contribution in [-0.4, -0.2) is 19.7 Å². The molecule has 0 atom stereocenters. The number of para-hydroxylation sites is 1. The van der Waals surface area contributed by atoms with Gasteiger partial charge in [-0.2, -0.15) is 0 Å². The van der Waals surface area contributed by atoms with E-state index in [4.69, 9.17) is 16.3 Å². The number of ether oxygens (including phenoxy) is 1. The van der Waals surface area contributed by atoms with Gasteiger partial charge < -0.3 is 10.1 Å². The number of rotatable bonds is 5. The topological polar surface area (TPSA) is 21.3 Å². The normalized spacial score (nSPS) is 22.9. The zero-order chi connectivity index (χ0) is 12.3. The zero-order valence-corrected chi connectivity index (χ0v) is 10.8. The Hall–Kier alpha value is -0.990. The quantitative estimate of drug-likeness (QED) is 0.867. The van der Waals surface area contributed by atoms with Crippen LogP contribution in [0.5, 0.6) is 5.75 Å². The zero-order valence-electron chi connectivity index (χ0n) is 10.1. The van der Waals surface area contributed by atoms with Crippen molar-refractivity contribution in [3.05, 3.63) is 41.4 Å². The van der Waals surface area contributed by atoms with Gasteiger partial charge in [-0.3, -0.25) is 0 Å². The van der Waals surface area contributed by atoms with E-state index in [2.05, 4.69) is 24.0 Å². The van der Waals surface area contributed by atoms with E-state index in [-0.39, 0.29) is 0 Å². The van der Waals surface area contributed by atoms with Crippen LogP contribution in [0.4, 0.5) is 0 Å². The van der Waals surface area contributed by atoms with Crippen LogP contribution in [0, 0.1) is 0 Å². The highest BCUT2D eigenvalue weighted by molar-refractivity contribution is 6.29. The van der Waals surface area contributed by atoms with E-state index < -0.39 is 0 Å². The van der Waals surface area contributed by atoms with E-state index >= 15 is 0 Å². The second-order valence-corrected chi connectivity index (χ2v) is 5.04. The smallest absolute Gasteiger partial charge is 0.122 e. The van der Waals surface area contributed by atoms with Crippen molar-refractivity contribution in [3.8, 4) is 5.75 Å². The van der Waals surface area contributed by atoms with Crippen molar-refractivity contribution in [2.24, 2.45) is 0 Å². The van der Waals surface area contributed by atoms with E-state index in [0.717, 1.165) is 18.6 Å². The molecule has 1 saturated carbocycles. The highest BCUT2D eigenvalue weighted by Gasteiger charge is 2.31. The Morgan fingerprint density at radius 1 is 1.47 bits per heavy atom. The van der Waals surface area contributed by atoms with Gasteiger partial charge in [-0.15, -0.1) is 0 Å². The molecule has 1 aromatic carbocycles. The van der Waals surface area contributed by atoms with Crippen molar-refractivity contribution in [1.82, 2.24) is 5.32 Å². The van der Waals surface area contributed by atoms with E-state index in [9.17, 15) is 0 Å². The predicted octanol–water partition coefficient (Wildman–Crippen LogP) is 3.28. The SMILES string of the molecule is C=C(Cl)CNC1CC(c2ccccc2OC)C1. The fourth-order valence-corrected chi connectivity index (χ4v) is 2.37. The fourth-order valence-electron chi connectivity index (χ4n) is 2.30. The van der Waals surface area contributed by atoms with E-state index in [1.54, 1.807) is 7.11 Å². The van der Waals surface area contributed by atoms with Crippen LogP contribution in [0.25, 0.3) is 0 Å². The molecule has 0 aromatic heterocycles. The molecule has 1 aromatic rings. The summed E-state index contributed by atoms with van der Waals surface area (Å²) in [5.74, 6) is 1.60. The summed E-state index contributed by atoms with van der Waals surface area (Å²) < 4.78 is 5.38. The highest BCUT2D eigenvalue weighted by atomic mass is 35.5. The Bertz CT molecular complexity index is 399. The Kier molecular flexibility index (Phi) is 4.08. The maximum atomic E-state index is 5.73. The van der Waals surface area contributed by atoms with Gasteiger partial charge in [0.25, 0.3) is 0 Å². The summed E-state index contributed by atoms with van der Waals surface area (Å²) in [5.41, 5.74) is 1.32. The summed E-state index contributed by atoms with van der Waals surface area (Å²) in [4.78, 5) is 0. The predicted molar refractivity (Wildman–Crippen MR) is 71.8 cm³/mol. The molecule has 2 nitrogen and oxygen atoms in total. The first-order valence-electron chi connectivity index (χ1n) is 5.90. The highest BCUT2D eigenvalue weighted by Crippen LogP contribution is 2.40. The minimum atomic E-state index is 0.556. The Morgan fingerprint density at radius 2 is 2.18 bits per heavy atom. The summed E-state index contributed by atoms with van der Waals surface area (Å²) in [6.07, 6.45) is 2.29. The van der Waals surface area contributed by atoms with Crippen molar-refractivity contribution in [1.29, 1.82) is 0 Å². The van der Waals surface area contributed by atoms with Crippen LogP contribution < -0.4 is 10.1 Å². The number of hydrogen-bond donors (Lipinski definition) is 1. The first-order chi connectivity index (χ1) is 8.20. The lowest BCUT2D eigenvalue weighted by molar-refractivity contribution is 0.290. The molecule has 17 heavy (non-hydrogen) atoms. The van der Waals surface area contributed by atoms with Crippen molar-refractivity contribution in [3.63, 3.8) is 0 Å². The monoisotopic (exact) mass is 251 g/mol. The number of methoxy groups -OCH3 is 1. The molecule has 0 amide bonds. The van der Waals surface area contributed by atoms with Crippen molar-refractivity contribution in [2.75, 3.05) is 13.7 Å². The van der Waals surface area contributed by atoms with Crippen molar-refractivity contribution >= 4 is 11.6 Å². The molecule has 0 aliphatic heterocycles. The summed E-state index contributed by atoms with van der Waals surface area (Å²) >= 11 is 5.73. The standard InChI is InChI=1S/C14H18ClNO/c1-10(15)9-16-12-7-11(8-12)13-5-3-4-6-14(13)17-2/h3-6,11-12,16H,1,7-9H2,2H3. The van der Waals surface area contributed by atoms with Gasteiger partial charge in [-0.05, 0) is 30.4 Å². The maximum absolute atomic E-state index is 5.73. The molecule has 3 heteroatoms. The van der Waals surface area contributed by atoms with Gasteiger partial charge in [0.1, 0.15) is 5.75 Å². The first-order valence-corrected chi connectivity index (χ1v) is 6.28. The third kappa shape index (κ3) is 3.02. The molecule has 92 valence electrons. The minimum absolute atomic E-state index is 0.556. The Morgan fingerprint density at radius 3 is 2.82 bits per heavy atom. The lowest BCUT2D eigenvalue weighted by Crippen LogP contribution is -2.40. The summed E-state index contributed by atoms with van der Waals surface area (Å²) in [5, 5.41) is 4.06. The molecule has 0 spiro atoms. The molecule has 0 radical (unpaired) electrons. The van der Waals surface area contributed by atoms with Crippen LogP contribution >= 0.6 is 11.6 Å². The first kappa shape index (κ1) is 12.5. The average Bonchev–Trinajstić information content (AvgIpc) is 2.27. The van der Waals surface area contributed by atoms with Crippen LogP contribution in [0.1, 0.15) is 24.3 Å². The second kappa shape index (κ2) is 5.56. The third-order valence-corrected chi connectivity index (χ3v) is 3.43. The van der Waals surface area contributed by atoms with E-state index in [1.165, 1.54) is 5.56 Å². The molecule has 1 aliphatic carbocycles. The average molecular weight is 252 g/mol. The van der Waals surface area contributed by atoms with Gasteiger partial charge >= 0.3 is 0 Å². The van der Waals surface area contributed by atoms with Crippen LogP contribution in [0.2, 0.25) is 0 Å². The van der Waals surface area contributed by atoms with Gasteiger partial charge in [0, 0.05) is 17.6 Å². The summed E-state index contributed by atoms with van der Waals surface area (Å²) in [6.45, 7) is 4.37. The van der Waals surface area contributed by atoms with Crippen LogP contribution in [0.3, 0.4) is 0 Å². The van der Waals surface area contributed by atoms with Gasteiger partial charge in [0.15, 0.2) is 0 Å². The van der Waals surface area contributed by atoms with Crippen molar-refractivity contribution in [2.45, 2.75) is 24.8 Å². The molecule has 0 unspecified atom stereocenters. The lowest BCUT2D eigenvalue weighted by Gasteiger charge is -2.37. The molecular formula is C14H18ClNO. The second-order valence-electron chi connectivity index (χ2n) is 4.51. The summed E-state index contributed by atoms with van der Waals surface area (Å²) in [6, 6.07) is 8.81. The molecule has 1 N–H and O–H groups in total. The van der Waals surface area contributed by atoms with Gasteiger partial charge in [-0.25, -0.2) is 0 Å². The molecule has 1 aliphatic rings. The summed E-state index contributed by atoms with van der Waals surface area (Å²) in [7, 11) is 1.73. The largest absolute Gasteiger partial charge is 0.496 e. The number of benzene rings is 1. The van der Waals surface area contributed by atoms with E-state index in [0.29, 0.717) is 23.5 Å².